The van der Waals surface area contributed by atoms with Crippen LogP contribution in [0.2, 0.25) is 0 Å². The first-order valence-corrected chi connectivity index (χ1v) is 6.08. The number of aromatic nitrogens is 1. The summed E-state index contributed by atoms with van der Waals surface area (Å²) in [4.78, 5) is 17.5. The first kappa shape index (κ1) is 14.0. The zero-order valence-electron chi connectivity index (χ0n) is 10.8. The highest BCUT2D eigenvalue weighted by molar-refractivity contribution is 5.76. The second kappa shape index (κ2) is 7.28. The molecular formula is C13H18N4O. The second-order valence-corrected chi connectivity index (χ2v) is 3.78. The van der Waals surface area contributed by atoms with E-state index < -0.39 is 0 Å². The lowest BCUT2D eigenvalue weighted by Crippen LogP contribution is -2.31. The fourth-order valence-electron chi connectivity index (χ4n) is 1.67. The third-order valence-electron chi connectivity index (χ3n) is 2.71. The van der Waals surface area contributed by atoms with Crippen molar-refractivity contribution in [1.82, 2.24) is 9.88 Å². The fourth-order valence-corrected chi connectivity index (χ4v) is 1.67. The molecule has 0 fully saturated rings. The number of anilines is 1. The van der Waals surface area contributed by atoms with Crippen molar-refractivity contribution >= 4 is 11.6 Å². The van der Waals surface area contributed by atoms with Gasteiger partial charge in [0.15, 0.2) is 0 Å². The number of hydrogen-bond donors (Lipinski definition) is 1. The van der Waals surface area contributed by atoms with Crippen molar-refractivity contribution in [3.8, 4) is 6.07 Å². The second-order valence-electron chi connectivity index (χ2n) is 3.78. The van der Waals surface area contributed by atoms with Crippen molar-refractivity contribution in [2.75, 3.05) is 25.0 Å². The van der Waals surface area contributed by atoms with Crippen LogP contribution in [0.4, 0.5) is 5.69 Å². The molecule has 0 unspecified atom stereocenters. The molecule has 18 heavy (non-hydrogen) atoms. The van der Waals surface area contributed by atoms with E-state index in [1.54, 1.807) is 23.4 Å². The monoisotopic (exact) mass is 246 g/mol. The average molecular weight is 246 g/mol. The van der Waals surface area contributed by atoms with Crippen molar-refractivity contribution in [3.05, 3.63) is 24.0 Å². The molecule has 1 aromatic heterocycles. The van der Waals surface area contributed by atoms with E-state index in [0.29, 0.717) is 24.2 Å². The Morgan fingerprint density at radius 2 is 2.22 bits per heavy atom. The highest BCUT2D eigenvalue weighted by Crippen LogP contribution is 2.11. The highest BCUT2D eigenvalue weighted by Gasteiger charge is 2.09. The Morgan fingerprint density at radius 1 is 1.50 bits per heavy atom. The van der Waals surface area contributed by atoms with Crippen LogP contribution in [0.15, 0.2) is 18.5 Å². The zero-order chi connectivity index (χ0) is 13.4. The third-order valence-corrected chi connectivity index (χ3v) is 2.71. The largest absolute Gasteiger partial charge is 0.382 e. The summed E-state index contributed by atoms with van der Waals surface area (Å²) >= 11 is 0. The minimum atomic E-state index is 0.120. The molecule has 1 amide bonds. The van der Waals surface area contributed by atoms with Crippen LogP contribution in [0.25, 0.3) is 0 Å². The van der Waals surface area contributed by atoms with Crippen LogP contribution < -0.4 is 5.32 Å². The average Bonchev–Trinajstić information content (AvgIpc) is 2.40. The van der Waals surface area contributed by atoms with Crippen molar-refractivity contribution in [3.63, 3.8) is 0 Å². The van der Waals surface area contributed by atoms with E-state index in [0.717, 1.165) is 13.1 Å². The molecule has 96 valence electrons. The Balaban J connectivity index is 2.47. The smallest absolute Gasteiger partial charge is 0.224 e. The van der Waals surface area contributed by atoms with E-state index in [1.165, 1.54) is 0 Å². The molecule has 0 atom stereocenters. The first-order chi connectivity index (χ1) is 8.72. The normalized spacial score (nSPS) is 9.61. The number of nitrogens with one attached hydrogen (secondary N) is 1. The van der Waals surface area contributed by atoms with E-state index >= 15 is 0 Å². The van der Waals surface area contributed by atoms with Crippen LogP contribution in [0.1, 0.15) is 25.8 Å². The van der Waals surface area contributed by atoms with Gasteiger partial charge in [-0.3, -0.25) is 9.78 Å². The molecule has 0 aromatic carbocycles. The number of pyridine rings is 1. The maximum absolute atomic E-state index is 11.8. The minimum Gasteiger partial charge on any atom is -0.382 e. The highest BCUT2D eigenvalue weighted by atomic mass is 16.2. The summed E-state index contributed by atoms with van der Waals surface area (Å²) < 4.78 is 0. The SMILES string of the molecule is CCN(CC)C(=O)CCNc1cnccc1C#N. The first-order valence-electron chi connectivity index (χ1n) is 6.08. The standard InChI is InChI=1S/C13H18N4O/c1-3-17(4-2)13(18)6-8-16-12-10-15-7-5-11(12)9-14/h5,7,10,16H,3-4,6,8H2,1-2H3. The van der Waals surface area contributed by atoms with Gasteiger partial charge >= 0.3 is 0 Å². The summed E-state index contributed by atoms with van der Waals surface area (Å²) in [6.45, 7) is 5.89. The number of amides is 1. The van der Waals surface area contributed by atoms with Gasteiger partial charge in [0.2, 0.25) is 5.91 Å². The Kier molecular flexibility index (Phi) is 5.65. The predicted octanol–water partition coefficient (Wildman–Crippen LogP) is 1.62. The van der Waals surface area contributed by atoms with Gasteiger partial charge in [-0.1, -0.05) is 0 Å². The van der Waals surface area contributed by atoms with Gasteiger partial charge in [0.05, 0.1) is 17.4 Å². The number of rotatable bonds is 6. The topological polar surface area (TPSA) is 69.0 Å². The van der Waals surface area contributed by atoms with Gasteiger partial charge in [0, 0.05) is 32.3 Å². The maximum Gasteiger partial charge on any atom is 0.224 e. The predicted molar refractivity (Wildman–Crippen MR) is 70.0 cm³/mol. The van der Waals surface area contributed by atoms with E-state index in [-0.39, 0.29) is 5.91 Å². The Hall–Kier alpha value is -2.09. The molecule has 0 aliphatic heterocycles. The molecule has 1 aromatic rings. The molecule has 0 saturated heterocycles. The number of hydrogen-bond acceptors (Lipinski definition) is 4. The lowest BCUT2D eigenvalue weighted by Gasteiger charge is -2.18. The lowest BCUT2D eigenvalue weighted by molar-refractivity contribution is -0.130. The van der Waals surface area contributed by atoms with E-state index in [4.69, 9.17) is 5.26 Å². The van der Waals surface area contributed by atoms with Gasteiger partial charge in [-0.2, -0.15) is 5.26 Å². The van der Waals surface area contributed by atoms with Crippen molar-refractivity contribution in [1.29, 1.82) is 5.26 Å². The summed E-state index contributed by atoms with van der Waals surface area (Å²) in [5, 5.41) is 12.0. The number of nitrogens with zero attached hydrogens (tertiary/aromatic N) is 3. The molecular weight excluding hydrogens is 228 g/mol. The Labute approximate surface area is 107 Å². The van der Waals surface area contributed by atoms with Crippen LogP contribution in [0.5, 0.6) is 0 Å². The van der Waals surface area contributed by atoms with Crippen LogP contribution in [0.3, 0.4) is 0 Å². The summed E-state index contributed by atoms with van der Waals surface area (Å²) in [5.74, 6) is 0.120. The number of nitriles is 1. The summed E-state index contributed by atoms with van der Waals surface area (Å²) in [7, 11) is 0. The molecule has 5 heteroatoms. The van der Waals surface area contributed by atoms with Gasteiger partial charge in [0.25, 0.3) is 0 Å². The molecule has 0 bridgehead atoms. The summed E-state index contributed by atoms with van der Waals surface area (Å²) in [6.07, 6.45) is 3.59. The van der Waals surface area contributed by atoms with E-state index in [9.17, 15) is 4.79 Å². The fraction of sp³-hybridized carbons (Fsp3) is 0.462. The molecule has 0 aliphatic carbocycles. The van der Waals surface area contributed by atoms with Crippen LogP contribution in [0, 0.1) is 11.3 Å². The van der Waals surface area contributed by atoms with Crippen LogP contribution in [-0.4, -0.2) is 35.4 Å². The number of carbonyl (C=O) groups excluding carboxylic acids is 1. The Morgan fingerprint density at radius 3 is 2.83 bits per heavy atom. The molecule has 1 N–H and O–H groups in total. The molecule has 0 radical (unpaired) electrons. The quantitative estimate of drug-likeness (QED) is 0.828. The van der Waals surface area contributed by atoms with Crippen molar-refractivity contribution < 1.29 is 4.79 Å². The lowest BCUT2D eigenvalue weighted by atomic mass is 10.2. The van der Waals surface area contributed by atoms with Crippen LogP contribution in [-0.2, 0) is 4.79 Å². The minimum absolute atomic E-state index is 0.120. The van der Waals surface area contributed by atoms with E-state index in [2.05, 4.69) is 16.4 Å². The molecule has 0 spiro atoms. The molecule has 0 aliphatic rings. The van der Waals surface area contributed by atoms with E-state index in [1.807, 2.05) is 13.8 Å². The molecule has 0 saturated carbocycles. The number of carbonyl (C=O) groups is 1. The molecule has 5 nitrogen and oxygen atoms in total. The summed E-state index contributed by atoms with van der Waals surface area (Å²) in [5.41, 5.74) is 1.22. The molecule has 1 heterocycles. The van der Waals surface area contributed by atoms with Gasteiger partial charge in [-0.05, 0) is 19.9 Å². The molecule has 1 rings (SSSR count). The van der Waals surface area contributed by atoms with Gasteiger partial charge < -0.3 is 10.2 Å². The summed E-state index contributed by atoms with van der Waals surface area (Å²) in [6, 6.07) is 3.73. The van der Waals surface area contributed by atoms with Crippen molar-refractivity contribution in [2.45, 2.75) is 20.3 Å². The Bertz CT molecular complexity index is 435. The van der Waals surface area contributed by atoms with Gasteiger partial charge in [-0.15, -0.1) is 0 Å². The van der Waals surface area contributed by atoms with Crippen molar-refractivity contribution in [2.24, 2.45) is 0 Å². The van der Waals surface area contributed by atoms with Gasteiger partial charge in [0.1, 0.15) is 6.07 Å². The third kappa shape index (κ3) is 3.74. The van der Waals surface area contributed by atoms with Crippen LogP contribution >= 0.6 is 0 Å². The zero-order valence-corrected chi connectivity index (χ0v) is 10.8. The maximum atomic E-state index is 11.8. The van der Waals surface area contributed by atoms with Gasteiger partial charge in [-0.25, -0.2) is 0 Å².